The predicted molar refractivity (Wildman–Crippen MR) is 86.3 cm³/mol. The van der Waals surface area contributed by atoms with E-state index in [1.54, 1.807) is 37.5 Å². The lowest BCUT2D eigenvalue weighted by molar-refractivity contribution is 0.0527. The second kappa shape index (κ2) is 6.36. The summed E-state index contributed by atoms with van der Waals surface area (Å²) in [5.41, 5.74) is 3.11. The summed E-state index contributed by atoms with van der Waals surface area (Å²) in [6, 6.07) is 8.81. The van der Waals surface area contributed by atoms with Gasteiger partial charge in [0.05, 0.1) is 17.7 Å². The van der Waals surface area contributed by atoms with E-state index in [1.165, 1.54) is 6.20 Å². The van der Waals surface area contributed by atoms with E-state index in [2.05, 4.69) is 9.97 Å². The highest BCUT2D eigenvalue weighted by atomic mass is 16.5. The Balaban J connectivity index is 2.35. The van der Waals surface area contributed by atoms with Crippen molar-refractivity contribution in [2.75, 3.05) is 6.61 Å². The molecule has 2 heterocycles. The average Bonchev–Trinajstić information content (AvgIpc) is 2.61. The second-order valence-electron chi connectivity index (χ2n) is 4.90. The van der Waals surface area contributed by atoms with Gasteiger partial charge in [-0.1, -0.05) is 0 Å². The summed E-state index contributed by atoms with van der Waals surface area (Å²) in [5, 5.41) is 0.728. The molecule has 0 aliphatic rings. The molecule has 3 aromatic rings. The molecule has 1 aromatic carbocycles. The van der Waals surface area contributed by atoms with E-state index in [4.69, 9.17) is 4.74 Å². The summed E-state index contributed by atoms with van der Waals surface area (Å²) >= 11 is 0. The summed E-state index contributed by atoms with van der Waals surface area (Å²) in [6.45, 7) is 2.03. The number of rotatable bonds is 4. The minimum absolute atomic E-state index is 0.279. The molecule has 2 aromatic heterocycles. The van der Waals surface area contributed by atoms with E-state index in [0.717, 1.165) is 17.2 Å². The molecule has 23 heavy (non-hydrogen) atoms. The van der Waals surface area contributed by atoms with Gasteiger partial charge in [-0.15, -0.1) is 0 Å². The number of hydrogen-bond donors (Lipinski definition) is 0. The van der Waals surface area contributed by atoms with Gasteiger partial charge in [-0.3, -0.25) is 14.8 Å². The third kappa shape index (κ3) is 2.81. The fraction of sp³-hybridized carbons (Fsp3) is 0.111. The maximum atomic E-state index is 12.3. The predicted octanol–water partition coefficient (Wildman–Crippen LogP) is 3.29. The first-order chi connectivity index (χ1) is 11.2. The molecule has 0 atom stereocenters. The zero-order valence-electron chi connectivity index (χ0n) is 12.5. The van der Waals surface area contributed by atoms with Crippen molar-refractivity contribution >= 4 is 23.2 Å². The number of esters is 1. The minimum atomic E-state index is -0.440. The Bertz CT molecular complexity index is 876. The standard InChI is InChI=1S/C18H14N2O3/c1-2-23-18(22)15-10-20-16-4-3-12(11-21)9-14(16)17(15)13-5-7-19-8-6-13/h3-11H,2H2,1H3. The van der Waals surface area contributed by atoms with Crippen LogP contribution in [0.15, 0.2) is 48.9 Å². The van der Waals surface area contributed by atoms with Gasteiger partial charge in [0.15, 0.2) is 0 Å². The van der Waals surface area contributed by atoms with Crippen molar-refractivity contribution in [3.63, 3.8) is 0 Å². The Kier molecular flexibility index (Phi) is 4.10. The first-order valence-electron chi connectivity index (χ1n) is 7.20. The number of nitrogens with zero attached hydrogens (tertiary/aromatic N) is 2. The molecular formula is C18H14N2O3. The van der Waals surface area contributed by atoms with E-state index >= 15 is 0 Å². The molecule has 0 aliphatic heterocycles. The number of ether oxygens (including phenoxy) is 1. The van der Waals surface area contributed by atoms with Gasteiger partial charge < -0.3 is 4.74 Å². The maximum Gasteiger partial charge on any atom is 0.340 e. The first-order valence-corrected chi connectivity index (χ1v) is 7.20. The summed E-state index contributed by atoms with van der Waals surface area (Å²) in [5.74, 6) is -0.440. The van der Waals surface area contributed by atoms with E-state index in [-0.39, 0.29) is 6.61 Å². The van der Waals surface area contributed by atoms with Crippen LogP contribution in [0.5, 0.6) is 0 Å². The molecule has 0 N–H and O–H groups in total. The molecule has 0 radical (unpaired) electrons. The van der Waals surface area contributed by atoms with Crippen molar-refractivity contribution in [1.82, 2.24) is 9.97 Å². The number of aldehydes is 1. The molecule has 0 spiro atoms. The molecule has 0 bridgehead atoms. The molecule has 114 valence electrons. The highest BCUT2D eigenvalue weighted by Gasteiger charge is 2.18. The zero-order chi connectivity index (χ0) is 16.2. The van der Waals surface area contributed by atoms with Gasteiger partial charge in [-0.2, -0.15) is 0 Å². The van der Waals surface area contributed by atoms with Crippen molar-refractivity contribution in [3.8, 4) is 11.1 Å². The number of hydrogen-bond acceptors (Lipinski definition) is 5. The molecule has 0 amide bonds. The van der Waals surface area contributed by atoms with Gasteiger partial charge in [0.1, 0.15) is 6.29 Å². The normalized spacial score (nSPS) is 10.5. The van der Waals surface area contributed by atoms with Crippen LogP contribution in [-0.2, 0) is 4.74 Å². The number of fused-ring (bicyclic) bond motifs is 1. The van der Waals surface area contributed by atoms with Crippen molar-refractivity contribution in [1.29, 1.82) is 0 Å². The third-order valence-electron chi connectivity index (χ3n) is 3.49. The second-order valence-corrected chi connectivity index (χ2v) is 4.90. The van der Waals surface area contributed by atoms with E-state index < -0.39 is 5.97 Å². The number of carbonyl (C=O) groups excluding carboxylic acids is 2. The quantitative estimate of drug-likeness (QED) is 0.546. The lowest BCUT2D eigenvalue weighted by atomic mass is 9.96. The van der Waals surface area contributed by atoms with Gasteiger partial charge in [-0.25, -0.2) is 4.79 Å². The van der Waals surface area contributed by atoms with E-state index in [9.17, 15) is 9.59 Å². The van der Waals surface area contributed by atoms with Crippen molar-refractivity contribution in [3.05, 3.63) is 60.0 Å². The number of benzene rings is 1. The van der Waals surface area contributed by atoms with Gasteiger partial charge in [0.2, 0.25) is 0 Å². The van der Waals surface area contributed by atoms with Crippen molar-refractivity contribution in [2.24, 2.45) is 0 Å². The molecular weight excluding hydrogens is 292 g/mol. The molecule has 5 nitrogen and oxygen atoms in total. The molecule has 0 unspecified atom stereocenters. The van der Waals surface area contributed by atoms with Gasteiger partial charge >= 0.3 is 5.97 Å². The molecule has 0 saturated carbocycles. The van der Waals surface area contributed by atoms with Gasteiger partial charge in [0.25, 0.3) is 0 Å². The summed E-state index contributed by atoms with van der Waals surface area (Å²) in [7, 11) is 0. The molecule has 0 saturated heterocycles. The Labute approximate surface area is 133 Å². The highest BCUT2D eigenvalue weighted by molar-refractivity contribution is 6.07. The van der Waals surface area contributed by atoms with Crippen molar-refractivity contribution < 1.29 is 14.3 Å². The number of pyridine rings is 2. The summed E-state index contributed by atoms with van der Waals surface area (Å²) in [6.07, 6.45) is 5.59. The topological polar surface area (TPSA) is 69.2 Å². The highest BCUT2D eigenvalue weighted by Crippen LogP contribution is 2.31. The van der Waals surface area contributed by atoms with Gasteiger partial charge in [0, 0.05) is 35.1 Å². The fourth-order valence-electron chi connectivity index (χ4n) is 2.48. The van der Waals surface area contributed by atoms with Crippen LogP contribution in [0.2, 0.25) is 0 Å². The monoisotopic (exact) mass is 306 g/mol. The maximum absolute atomic E-state index is 12.3. The smallest absolute Gasteiger partial charge is 0.340 e. The molecule has 0 fully saturated rings. The van der Waals surface area contributed by atoms with Crippen LogP contribution >= 0.6 is 0 Å². The number of aromatic nitrogens is 2. The summed E-state index contributed by atoms with van der Waals surface area (Å²) < 4.78 is 5.13. The Morgan fingerprint density at radius 2 is 2.00 bits per heavy atom. The lowest BCUT2D eigenvalue weighted by Crippen LogP contribution is -2.08. The molecule has 5 heteroatoms. The number of carbonyl (C=O) groups is 2. The van der Waals surface area contributed by atoms with Crippen LogP contribution in [-0.4, -0.2) is 28.8 Å². The largest absolute Gasteiger partial charge is 0.462 e. The first kappa shape index (κ1) is 14.8. The third-order valence-corrected chi connectivity index (χ3v) is 3.49. The Hall–Kier alpha value is -3.08. The molecule has 0 aliphatic carbocycles. The van der Waals surface area contributed by atoms with Crippen LogP contribution in [0, 0.1) is 0 Å². The van der Waals surface area contributed by atoms with Crippen LogP contribution in [0.4, 0.5) is 0 Å². The van der Waals surface area contributed by atoms with E-state index in [0.29, 0.717) is 22.2 Å². The average molecular weight is 306 g/mol. The van der Waals surface area contributed by atoms with Crippen LogP contribution in [0.25, 0.3) is 22.0 Å². The van der Waals surface area contributed by atoms with Gasteiger partial charge in [-0.05, 0) is 42.8 Å². The van der Waals surface area contributed by atoms with Crippen LogP contribution in [0.1, 0.15) is 27.6 Å². The molecule has 3 rings (SSSR count). The van der Waals surface area contributed by atoms with Crippen LogP contribution in [0.3, 0.4) is 0 Å². The zero-order valence-corrected chi connectivity index (χ0v) is 12.5. The van der Waals surface area contributed by atoms with Crippen molar-refractivity contribution in [2.45, 2.75) is 6.92 Å². The van der Waals surface area contributed by atoms with Crippen LogP contribution < -0.4 is 0 Å². The lowest BCUT2D eigenvalue weighted by Gasteiger charge is -2.12. The van der Waals surface area contributed by atoms with E-state index in [1.807, 2.05) is 12.1 Å². The SMILES string of the molecule is CCOC(=O)c1cnc2ccc(C=O)cc2c1-c1ccncc1. The fourth-order valence-corrected chi connectivity index (χ4v) is 2.48. The minimum Gasteiger partial charge on any atom is -0.462 e. The Morgan fingerprint density at radius 3 is 2.70 bits per heavy atom. The Morgan fingerprint density at radius 1 is 1.22 bits per heavy atom. The summed E-state index contributed by atoms with van der Waals surface area (Å²) in [4.78, 5) is 31.7.